The van der Waals surface area contributed by atoms with Crippen LogP contribution in [0.5, 0.6) is 0 Å². The highest BCUT2D eigenvalue weighted by atomic mass is 16.8. The molecule has 52 heavy (non-hydrogen) atoms. The number of urea groups is 1. The number of hydroxylamine groups is 2. The van der Waals surface area contributed by atoms with E-state index >= 15 is 0 Å². The molecule has 3 fully saturated rings. The van der Waals surface area contributed by atoms with Gasteiger partial charge < -0.3 is 103 Å². The molecular weight excluding hydrogens is 700 g/mol. The lowest BCUT2D eigenvalue weighted by Gasteiger charge is -2.46. The maximum absolute atomic E-state index is 12.6. The van der Waals surface area contributed by atoms with Crippen molar-refractivity contribution in [2.75, 3.05) is 45.9 Å². The molecule has 4 rings (SSSR count). The molecule has 1 aliphatic carbocycles. The quantitative estimate of drug-likeness (QED) is 0.0395. The summed E-state index contributed by atoms with van der Waals surface area (Å²) in [6.07, 6.45) is -15.2. The number of aliphatic hydroxyl groups is 7. The molecule has 0 aromatic heterocycles. The Morgan fingerprint density at radius 2 is 1.54 bits per heavy atom. The van der Waals surface area contributed by atoms with Gasteiger partial charge in [0.05, 0.1) is 50.1 Å². The molecule has 3 heterocycles. The van der Waals surface area contributed by atoms with Gasteiger partial charge in [-0.05, 0) is 6.42 Å². The van der Waals surface area contributed by atoms with Gasteiger partial charge in [0.15, 0.2) is 18.9 Å². The van der Waals surface area contributed by atoms with Crippen LogP contribution in [-0.4, -0.2) is 208 Å². The summed E-state index contributed by atoms with van der Waals surface area (Å²) >= 11 is 0. The Hall–Kier alpha value is -1.79. The fourth-order valence-electron chi connectivity index (χ4n) is 6.39. The van der Waals surface area contributed by atoms with E-state index in [0.29, 0.717) is 5.06 Å². The van der Waals surface area contributed by atoms with Gasteiger partial charge >= 0.3 is 6.03 Å². The van der Waals surface area contributed by atoms with Gasteiger partial charge in [-0.3, -0.25) is 5.21 Å². The summed E-state index contributed by atoms with van der Waals surface area (Å²) in [6, 6.07) is -5.22. The normalized spacial score (nSPS) is 43.0. The first-order valence-corrected chi connectivity index (χ1v) is 17.1. The monoisotopic (exact) mass is 756 g/mol. The second-order valence-electron chi connectivity index (χ2n) is 13.2. The molecule has 18 atom stereocenters. The van der Waals surface area contributed by atoms with Crippen molar-refractivity contribution in [1.82, 2.24) is 15.7 Å². The molecule has 2 saturated heterocycles. The van der Waals surface area contributed by atoms with E-state index in [4.69, 9.17) is 62.2 Å². The highest BCUT2D eigenvalue weighted by Crippen LogP contribution is 2.34. The summed E-state index contributed by atoms with van der Waals surface area (Å²) in [6.45, 7) is -1.31. The van der Waals surface area contributed by atoms with Crippen molar-refractivity contribution in [3.63, 3.8) is 0 Å². The van der Waals surface area contributed by atoms with Crippen molar-refractivity contribution >= 4 is 6.03 Å². The molecular formula is C29H56N8O15. The largest absolute Gasteiger partial charge is 0.394 e. The predicted octanol–water partition coefficient (Wildman–Crippen LogP) is -8.68. The van der Waals surface area contributed by atoms with Gasteiger partial charge in [0.2, 0.25) is 0 Å². The van der Waals surface area contributed by atoms with Crippen LogP contribution in [0.1, 0.15) is 6.42 Å². The van der Waals surface area contributed by atoms with Gasteiger partial charge in [0, 0.05) is 32.2 Å². The fraction of sp³-hybridized carbons (Fsp3) is 0.897. The number of hydrogen-bond acceptors (Lipinski definition) is 21. The minimum absolute atomic E-state index is 0.0533. The summed E-state index contributed by atoms with van der Waals surface area (Å²) < 4.78 is 35.6. The third kappa shape index (κ3) is 10.3. The zero-order valence-corrected chi connectivity index (χ0v) is 28.5. The van der Waals surface area contributed by atoms with Gasteiger partial charge in [-0.2, -0.15) is 0 Å². The van der Waals surface area contributed by atoms with Crippen molar-refractivity contribution in [3.05, 3.63) is 12.2 Å². The average molecular weight is 757 g/mol. The summed E-state index contributed by atoms with van der Waals surface area (Å²) in [4.78, 5) is 12.6. The Bertz CT molecular complexity index is 1140. The number of aliphatic hydroxyl groups excluding tert-OH is 7. The van der Waals surface area contributed by atoms with Gasteiger partial charge in [-0.25, -0.2) is 9.86 Å². The van der Waals surface area contributed by atoms with Crippen molar-refractivity contribution in [2.45, 2.75) is 117 Å². The number of rotatable bonds is 16. The van der Waals surface area contributed by atoms with E-state index in [1.54, 1.807) is 12.2 Å². The SMILES string of the molecule is NCCN(O)C(=O)NC1CC(N)C(OC2OC(CNCC(O)CO)C=CC2N)C(OC2OC(CO)C(OC3OC(CN)C(O)C(O)C3N)C2O)C1O. The maximum atomic E-state index is 12.6. The number of nitrogens with zero attached hydrogens (tertiary/aromatic N) is 1. The molecule has 1 saturated carbocycles. The Kier molecular flexibility index (Phi) is 16.3. The Morgan fingerprint density at radius 1 is 0.865 bits per heavy atom. The summed E-state index contributed by atoms with van der Waals surface area (Å²) in [7, 11) is 0. The molecule has 4 aliphatic rings. The molecule has 0 radical (unpaired) electrons. The smallest absolute Gasteiger partial charge is 0.341 e. The molecule has 0 aromatic rings. The Balaban J connectivity index is 1.53. The number of carbonyl (C=O) groups excluding carboxylic acids is 1. The van der Waals surface area contributed by atoms with Crippen LogP contribution in [0.15, 0.2) is 12.2 Å². The topological polar surface area (TPSA) is 392 Å². The molecule has 23 nitrogen and oxygen atoms in total. The van der Waals surface area contributed by atoms with E-state index in [1.165, 1.54) is 0 Å². The van der Waals surface area contributed by atoms with Crippen LogP contribution in [0.25, 0.3) is 0 Å². The van der Waals surface area contributed by atoms with Gasteiger partial charge in [0.25, 0.3) is 0 Å². The minimum Gasteiger partial charge on any atom is -0.394 e. The molecule has 302 valence electrons. The van der Waals surface area contributed by atoms with Crippen molar-refractivity contribution in [2.24, 2.45) is 28.7 Å². The number of hydrogen-bond donors (Lipinski definition) is 15. The van der Waals surface area contributed by atoms with Crippen LogP contribution in [0.4, 0.5) is 4.79 Å². The zero-order valence-electron chi connectivity index (χ0n) is 28.5. The first-order valence-electron chi connectivity index (χ1n) is 17.1. The second-order valence-corrected chi connectivity index (χ2v) is 13.2. The minimum atomic E-state index is -1.69. The number of nitrogens with two attached hydrogens (primary N) is 5. The number of ether oxygens (including phenoxy) is 6. The van der Waals surface area contributed by atoms with Crippen LogP contribution in [0.3, 0.4) is 0 Å². The lowest BCUT2D eigenvalue weighted by Crippen LogP contribution is -2.67. The highest BCUT2D eigenvalue weighted by Gasteiger charge is 2.54. The fourth-order valence-corrected chi connectivity index (χ4v) is 6.39. The van der Waals surface area contributed by atoms with E-state index in [0.717, 1.165) is 0 Å². The van der Waals surface area contributed by atoms with Gasteiger partial charge in [-0.15, -0.1) is 0 Å². The van der Waals surface area contributed by atoms with E-state index in [2.05, 4.69) is 10.6 Å². The van der Waals surface area contributed by atoms with E-state index in [9.17, 15) is 40.6 Å². The van der Waals surface area contributed by atoms with Crippen LogP contribution in [-0.2, 0) is 28.4 Å². The van der Waals surface area contributed by atoms with Crippen LogP contribution in [0, 0.1) is 0 Å². The highest BCUT2D eigenvalue weighted by molar-refractivity contribution is 5.73. The van der Waals surface area contributed by atoms with Crippen LogP contribution >= 0.6 is 0 Å². The first kappa shape index (κ1) is 42.9. The van der Waals surface area contributed by atoms with E-state index in [1.807, 2.05) is 0 Å². The number of carbonyl (C=O) groups is 1. The van der Waals surface area contributed by atoms with Crippen molar-refractivity contribution < 1.29 is 74.2 Å². The molecule has 0 spiro atoms. The molecule has 23 heteroatoms. The zero-order chi connectivity index (χ0) is 38.3. The molecule has 0 aromatic carbocycles. The molecule has 2 amide bonds. The lowest BCUT2D eigenvalue weighted by molar-refractivity contribution is -0.284. The van der Waals surface area contributed by atoms with Gasteiger partial charge in [0.1, 0.15) is 54.9 Å². The third-order valence-corrected chi connectivity index (χ3v) is 9.34. The summed E-state index contributed by atoms with van der Waals surface area (Å²) in [5, 5.41) is 88.2. The Morgan fingerprint density at radius 3 is 2.19 bits per heavy atom. The van der Waals surface area contributed by atoms with Gasteiger partial charge in [-0.1, -0.05) is 12.2 Å². The van der Waals surface area contributed by atoms with Crippen LogP contribution < -0.4 is 39.3 Å². The van der Waals surface area contributed by atoms with Crippen LogP contribution in [0.2, 0.25) is 0 Å². The van der Waals surface area contributed by atoms with Crippen molar-refractivity contribution in [3.8, 4) is 0 Å². The molecule has 18 unspecified atom stereocenters. The maximum Gasteiger partial charge on any atom is 0.341 e. The summed E-state index contributed by atoms with van der Waals surface area (Å²) in [5.41, 5.74) is 29.9. The number of amides is 2. The van der Waals surface area contributed by atoms with E-state index < -0.39 is 129 Å². The molecule has 20 N–H and O–H groups in total. The van der Waals surface area contributed by atoms with Crippen molar-refractivity contribution in [1.29, 1.82) is 0 Å². The first-order chi connectivity index (χ1) is 24.7. The Labute approximate surface area is 299 Å². The molecule has 3 aliphatic heterocycles. The standard InChI is InChI=1S/C29H56N8O15/c30-3-4-37(46)29(45)36-15-5-14(33)23(50-26-13(32)2-1-12(47-26)8-35-7-11(40)9-38)25(19(15)41)52-28-22(44)24(17(10-39)49-28)51-27-18(34)21(43)20(42)16(6-31)48-27/h1-2,11-28,35,38-44,46H,3-10,30-34H2,(H,36,45). The number of nitrogens with one attached hydrogen (secondary N) is 2. The lowest BCUT2D eigenvalue weighted by atomic mass is 9.83. The predicted molar refractivity (Wildman–Crippen MR) is 174 cm³/mol. The third-order valence-electron chi connectivity index (χ3n) is 9.34. The average Bonchev–Trinajstić information content (AvgIpc) is 3.42. The molecule has 0 bridgehead atoms. The van der Waals surface area contributed by atoms with E-state index in [-0.39, 0.29) is 39.1 Å². The second kappa shape index (κ2) is 19.7. The summed E-state index contributed by atoms with van der Waals surface area (Å²) in [5.74, 6) is 0.